The molecule has 1 unspecified atom stereocenters. The first kappa shape index (κ1) is 15.2. The predicted octanol–water partition coefficient (Wildman–Crippen LogP) is 0.941. The van der Waals surface area contributed by atoms with Gasteiger partial charge >= 0.3 is 0 Å². The van der Waals surface area contributed by atoms with Crippen molar-refractivity contribution in [2.45, 2.75) is 45.1 Å². The molecule has 0 aromatic rings. The summed E-state index contributed by atoms with van der Waals surface area (Å²) in [5, 5.41) is 3.17. The topological polar surface area (TPSA) is 61.4 Å². The molecule has 2 aliphatic rings. The van der Waals surface area contributed by atoms with Gasteiger partial charge in [-0.3, -0.25) is 0 Å². The van der Waals surface area contributed by atoms with Crippen LogP contribution in [0.25, 0.3) is 0 Å². The van der Waals surface area contributed by atoms with E-state index in [2.05, 4.69) is 10.0 Å². The third kappa shape index (κ3) is 4.70. The Morgan fingerprint density at radius 2 is 1.79 bits per heavy atom. The smallest absolute Gasteiger partial charge is 0.279 e. The first-order chi connectivity index (χ1) is 9.01. The Morgan fingerprint density at radius 1 is 1.16 bits per heavy atom. The molecule has 2 fully saturated rings. The van der Waals surface area contributed by atoms with Crippen LogP contribution in [0.5, 0.6) is 0 Å². The molecular weight excluding hydrogens is 262 g/mol. The van der Waals surface area contributed by atoms with Crippen molar-refractivity contribution in [1.29, 1.82) is 0 Å². The largest absolute Gasteiger partial charge is 0.319 e. The van der Waals surface area contributed by atoms with Gasteiger partial charge in [-0.05, 0) is 51.6 Å². The zero-order valence-corrected chi connectivity index (χ0v) is 12.9. The summed E-state index contributed by atoms with van der Waals surface area (Å²) in [7, 11) is -1.33. The predicted molar refractivity (Wildman–Crippen MR) is 77.1 cm³/mol. The summed E-state index contributed by atoms with van der Waals surface area (Å²) in [5.74, 6) is 1.36. The molecule has 0 spiro atoms. The van der Waals surface area contributed by atoms with E-state index in [0.717, 1.165) is 31.7 Å². The Bertz CT molecular complexity index is 373. The standard InChI is InChI=1S/C13H27N3O2S/c1-11(9-12-3-4-12)15-19(17,18)16-7-5-13(6-8-16)10-14-2/h11-15H,3-10H2,1-2H3. The van der Waals surface area contributed by atoms with Gasteiger partial charge in [0, 0.05) is 19.1 Å². The summed E-state index contributed by atoms with van der Waals surface area (Å²) in [5.41, 5.74) is 0. The Kier molecular flexibility index (Phi) is 5.22. The van der Waals surface area contributed by atoms with E-state index in [0.29, 0.717) is 19.0 Å². The Balaban J connectivity index is 1.79. The third-order valence-electron chi connectivity index (χ3n) is 4.14. The molecule has 1 saturated heterocycles. The number of hydrogen-bond donors (Lipinski definition) is 2. The van der Waals surface area contributed by atoms with E-state index in [-0.39, 0.29) is 6.04 Å². The maximum Gasteiger partial charge on any atom is 0.279 e. The van der Waals surface area contributed by atoms with E-state index in [1.165, 1.54) is 12.8 Å². The lowest BCUT2D eigenvalue weighted by Crippen LogP contribution is -2.48. The van der Waals surface area contributed by atoms with E-state index in [1.54, 1.807) is 4.31 Å². The molecule has 1 heterocycles. The van der Waals surface area contributed by atoms with E-state index < -0.39 is 10.2 Å². The van der Waals surface area contributed by atoms with E-state index in [4.69, 9.17) is 0 Å². The molecule has 6 heteroatoms. The maximum atomic E-state index is 12.3. The van der Waals surface area contributed by atoms with Crippen LogP contribution in [0, 0.1) is 11.8 Å². The van der Waals surface area contributed by atoms with Crippen molar-refractivity contribution in [3.8, 4) is 0 Å². The van der Waals surface area contributed by atoms with E-state index >= 15 is 0 Å². The number of nitrogens with zero attached hydrogens (tertiary/aromatic N) is 1. The highest BCUT2D eigenvalue weighted by molar-refractivity contribution is 7.87. The molecule has 0 amide bonds. The molecule has 112 valence electrons. The van der Waals surface area contributed by atoms with Gasteiger partial charge < -0.3 is 5.32 Å². The van der Waals surface area contributed by atoms with Gasteiger partial charge in [0.05, 0.1) is 0 Å². The zero-order valence-electron chi connectivity index (χ0n) is 12.1. The Labute approximate surface area is 117 Å². The van der Waals surface area contributed by atoms with Crippen molar-refractivity contribution in [2.75, 3.05) is 26.7 Å². The SMILES string of the molecule is CNCC1CCN(S(=O)(=O)NC(C)CC2CC2)CC1. The monoisotopic (exact) mass is 289 g/mol. The highest BCUT2D eigenvalue weighted by atomic mass is 32.2. The molecule has 1 saturated carbocycles. The lowest BCUT2D eigenvalue weighted by Gasteiger charge is -2.32. The summed E-state index contributed by atoms with van der Waals surface area (Å²) >= 11 is 0. The molecule has 1 aliphatic carbocycles. The van der Waals surface area contributed by atoms with Crippen LogP contribution < -0.4 is 10.0 Å². The van der Waals surface area contributed by atoms with Gasteiger partial charge in [-0.25, -0.2) is 0 Å². The van der Waals surface area contributed by atoms with Crippen molar-refractivity contribution < 1.29 is 8.42 Å². The molecule has 0 aromatic carbocycles. The van der Waals surface area contributed by atoms with Gasteiger partial charge in [0.15, 0.2) is 0 Å². The minimum Gasteiger partial charge on any atom is -0.319 e. The second-order valence-corrected chi connectivity index (χ2v) is 7.81. The third-order valence-corrected chi connectivity index (χ3v) is 5.89. The quantitative estimate of drug-likeness (QED) is 0.733. The molecule has 0 bridgehead atoms. The average molecular weight is 289 g/mol. The fourth-order valence-corrected chi connectivity index (χ4v) is 4.32. The van der Waals surface area contributed by atoms with E-state index in [9.17, 15) is 8.42 Å². The van der Waals surface area contributed by atoms with Gasteiger partial charge in [0.25, 0.3) is 10.2 Å². The van der Waals surface area contributed by atoms with Crippen LogP contribution in [0.15, 0.2) is 0 Å². The van der Waals surface area contributed by atoms with Gasteiger partial charge in [0.2, 0.25) is 0 Å². The summed E-state index contributed by atoms with van der Waals surface area (Å²) in [6, 6.07) is 0.0625. The van der Waals surface area contributed by atoms with Crippen LogP contribution in [-0.2, 0) is 10.2 Å². The second-order valence-electron chi connectivity index (χ2n) is 6.10. The second kappa shape index (κ2) is 6.52. The lowest BCUT2D eigenvalue weighted by molar-refractivity contribution is 0.267. The fraction of sp³-hybridized carbons (Fsp3) is 1.00. The molecule has 2 N–H and O–H groups in total. The van der Waals surface area contributed by atoms with Crippen molar-refractivity contribution in [3.63, 3.8) is 0 Å². The summed E-state index contributed by atoms with van der Waals surface area (Å²) in [6.45, 7) is 4.26. The fourth-order valence-electron chi connectivity index (χ4n) is 2.87. The average Bonchev–Trinajstić information content (AvgIpc) is 3.13. The highest BCUT2D eigenvalue weighted by Gasteiger charge is 2.30. The number of hydrogen-bond acceptors (Lipinski definition) is 3. The van der Waals surface area contributed by atoms with Crippen LogP contribution in [0.1, 0.15) is 39.0 Å². The molecule has 5 nitrogen and oxygen atoms in total. The number of piperidine rings is 1. The first-order valence-electron chi connectivity index (χ1n) is 7.43. The first-order valence-corrected chi connectivity index (χ1v) is 8.87. The molecule has 1 aliphatic heterocycles. The van der Waals surface area contributed by atoms with Crippen LogP contribution in [0.2, 0.25) is 0 Å². The van der Waals surface area contributed by atoms with Crippen LogP contribution in [0.4, 0.5) is 0 Å². The summed E-state index contributed by atoms with van der Waals surface area (Å²) < 4.78 is 29.0. The number of nitrogens with one attached hydrogen (secondary N) is 2. The normalized spacial score (nSPS) is 24.5. The van der Waals surface area contributed by atoms with Gasteiger partial charge in [-0.1, -0.05) is 12.8 Å². The van der Waals surface area contributed by atoms with Crippen LogP contribution in [-0.4, -0.2) is 45.4 Å². The van der Waals surface area contributed by atoms with Gasteiger partial charge in [-0.2, -0.15) is 17.4 Å². The molecule has 1 atom stereocenters. The highest BCUT2D eigenvalue weighted by Crippen LogP contribution is 2.33. The van der Waals surface area contributed by atoms with Gasteiger partial charge in [0.1, 0.15) is 0 Å². The minimum atomic E-state index is -3.28. The lowest BCUT2D eigenvalue weighted by atomic mass is 9.98. The Morgan fingerprint density at radius 3 is 2.32 bits per heavy atom. The maximum absolute atomic E-state index is 12.3. The van der Waals surface area contributed by atoms with Gasteiger partial charge in [-0.15, -0.1) is 0 Å². The Hall–Kier alpha value is -0.170. The van der Waals surface area contributed by atoms with Crippen LogP contribution >= 0.6 is 0 Å². The molecular formula is C13H27N3O2S. The molecule has 19 heavy (non-hydrogen) atoms. The van der Waals surface area contributed by atoms with Crippen molar-refractivity contribution in [1.82, 2.24) is 14.3 Å². The van der Waals surface area contributed by atoms with Crippen LogP contribution in [0.3, 0.4) is 0 Å². The van der Waals surface area contributed by atoms with E-state index in [1.807, 2.05) is 14.0 Å². The van der Waals surface area contributed by atoms with Crippen molar-refractivity contribution in [3.05, 3.63) is 0 Å². The molecule has 2 rings (SSSR count). The number of rotatable bonds is 7. The van der Waals surface area contributed by atoms with Crippen molar-refractivity contribution in [2.24, 2.45) is 11.8 Å². The van der Waals surface area contributed by atoms with Crippen molar-refractivity contribution >= 4 is 10.2 Å². The molecule has 0 radical (unpaired) electrons. The minimum absolute atomic E-state index is 0.0625. The summed E-state index contributed by atoms with van der Waals surface area (Å²) in [6.07, 6.45) is 5.43. The zero-order chi connectivity index (χ0) is 13.9. The molecule has 0 aromatic heterocycles. The summed E-state index contributed by atoms with van der Waals surface area (Å²) in [4.78, 5) is 0.